The van der Waals surface area contributed by atoms with Crippen LogP contribution in [0.4, 0.5) is 0 Å². The van der Waals surface area contributed by atoms with Crippen LogP contribution in [0.25, 0.3) is 11.3 Å². The Morgan fingerprint density at radius 1 is 0.926 bits per heavy atom. The summed E-state index contributed by atoms with van der Waals surface area (Å²) < 4.78 is 5.85. The Kier molecular flexibility index (Phi) is 4.83. The van der Waals surface area contributed by atoms with E-state index < -0.39 is 0 Å². The highest BCUT2D eigenvalue weighted by Crippen LogP contribution is 2.29. The molecule has 0 bridgehead atoms. The number of hydrogen-bond donors (Lipinski definition) is 0. The van der Waals surface area contributed by atoms with E-state index >= 15 is 0 Å². The van der Waals surface area contributed by atoms with Gasteiger partial charge in [-0.15, -0.1) is 0 Å². The lowest BCUT2D eigenvalue weighted by atomic mass is 9.86. The van der Waals surface area contributed by atoms with Gasteiger partial charge in [0.15, 0.2) is 0 Å². The highest BCUT2D eigenvalue weighted by molar-refractivity contribution is 6.02. The summed E-state index contributed by atoms with van der Waals surface area (Å²) in [5, 5.41) is 13.1. The SMILES string of the molecule is CO/N=C1/CC(C)Cc2nnc(-c3ccc(Oc4ccccc4)cc3)cc21. The van der Waals surface area contributed by atoms with E-state index in [-0.39, 0.29) is 0 Å². The van der Waals surface area contributed by atoms with Gasteiger partial charge in [-0.2, -0.15) is 10.2 Å². The van der Waals surface area contributed by atoms with Crippen LogP contribution in [0.3, 0.4) is 0 Å². The normalized spacial score (nSPS) is 17.4. The summed E-state index contributed by atoms with van der Waals surface area (Å²) in [7, 11) is 1.58. The zero-order chi connectivity index (χ0) is 18.6. The van der Waals surface area contributed by atoms with E-state index in [0.717, 1.165) is 52.6 Å². The van der Waals surface area contributed by atoms with Gasteiger partial charge in [-0.1, -0.05) is 30.3 Å². The van der Waals surface area contributed by atoms with Crippen molar-refractivity contribution in [3.05, 3.63) is 71.9 Å². The van der Waals surface area contributed by atoms with Gasteiger partial charge in [-0.05, 0) is 61.2 Å². The van der Waals surface area contributed by atoms with Crippen molar-refractivity contribution in [2.24, 2.45) is 11.1 Å². The van der Waals surface area contributed by atoms with Crippen LogP contribution in [0.1, 0.15) is 24.6 Å². The molecule has 1 heterocycles. The quantitative estimate of drug-likeness (QED) is 0.624. The van der Waals surface area contributed by atoms with Gasteiger partial charge in [-0.3, -0.25) is 0 Å². The third kappa shape index (κ3) is 3.82. The third-order valence-electron chi connectivity index (χ3n) is 4.60. The molecule has 0 aliphatic heterocycles. The molecule has 1 unspecified atom stereocenters. The summed E-state index contributed by atoms with van der Waals surface area (Å²) in [6, 6.07) is 19.7. The largest absolute Gasteiger partial charge is 0.457 e. The summed E-state index contributed by atoms with van der Waals surface area (Å²) >= 11 is 0. The van der Waals surface area contributed by atoms with Gasteiger partial charge >= 0.3 is 0 Å². The van der Waals surface area contributed by atoms with Crippen molar-refractivity contribution in [2.75, 3.05) is 7.11 Å². The lowest BCUT2D eigenvalue weighted by Gasteiger charge is -2.21. The van der Waals surface area contributed by atoms with Crippen molar-refractivity contribution in [1.29, 1.82) is 0 Å². The maximum atomic E-state index is 5.85. The van der Waals surface area contributed by atoms with Crippen molar-refractivity contribution in [3.63, 3.8) is 0 Å². The van der Waals surface area contributed by atoms with Gasteiger partial charge in [-0.25, -0.2) is 0 Å². The third-order valence-corrected chi connectivity index (χ3v) is 4.60. The number of fused-ring (bicyclic) bond motifs is 1. The number of hydrogen-bond acceptors (Lipinski definition) is 5. The number of nitrogens with zero attached hydrogens (tertiary/aromatic N) is 3. The molecule has 1 aliphatic rings. The van der Waals surface area contributed by atoms with Gasteiger partial charge in [0.25, 0.3) is 0 Å². The first-order valence-corrected chi connectivity index (χ1v) is 9.03. The van der Waals surface area contributed by atoms with Gasteiger partial charge in [0.2, 0.25) is 0 Å². The predicted octanol–water partition coefficient (Wildman–Crippen LogP) is 4.87. The van der Waals surface area contributed by atoms with Gasteiger partial charge in [0, 0.05) is 11.1 Å². The minimum Gasteiger partial charge on any atom is -0.457 e. The van der Waals surface area contributed by atoms with Crippen LogP contribution in [0.2, 0.25) is 0 Å². The molecular formula is C22H21N3O2. The Labute approximate surface area is 158 Å². The van der Waals surface area contributed by atoms with Crippen molar-refractivity contribution in [3.8, 4) is 22.8 Å². The molecule has 0 saturated carbocycles. The highest BCUT2D eigenvalue weighted by atomic mass is 16.6. The molecule has 136 valence electrons. The Bertz CT molecular complexity index is 953. The van der Waals surface area contributed by atoms with E-state index in [4.69, 9.17) is 9.57 Å². The Morgan fingerprint density at radius 2 is 1.67 bits per heavy atom. The van der Waals surface area contributed by atoms with Crippen LogP contribution in [-0.2, 0) is 11.3 Å². The molecule has 0 radical (unpaired) electrons. The van der Waals surface area contributed by atoms with E-state index in [1.54, 1.807) is 7.11 Å². The zero-order valence-electron chi connectivity index (χ0n) is 15.4. The zero-order valence-corrected chi connectivity index (χ0v) is 15.4. The molecule has 3 aromatic rings. The van der Waals surface area contributed by atoms with Gasteiger partial charge < -0.3 is 9.57 Å². The average molecular weight is 359 g/mol. The predicted molar refractivity (Wildman–Crippen MR) is 105 cm³/mol. The van der Waals surface area contributed by atoms with Crippen LogP contribution < -0.4 is 4.74 Å². The molecule has 0 amide bonds. The number of rotatable bonds is 4. The second-order valence-electron chi connectivity index (χ2n) is 6.76. The number of aromatic nitrogens is 2. The maximum Gasteiger partial charge on any atom is 0.127 e. The molecule has 4 rings (SSSR count). The molecule has 1 aliphatic carbocycles. The van der Waals surface area contributed by atoms with Crippen molar-refractivity contribution >= 4 is 5.71 Å². The minimum absolute atomic E-state index is 0.487. The number of ether oxygens (including phenoxy) is 1. The summed E-state index contributed by atoms with van der Waals surface area (Å²) in [6.07, 6.45) is 1.80. The van der Waals surface area contributed by atoms with Crippen molar-refractivity contribution in [1.82, 2.24) is 10.2 Å². The monoisotopic (exact) mass is 359 g/mol. The summed E-state index contributed by atoms with van der Waals surface area (Å²) in [5.74, 6) is 2.08. The molecular weight excluding hydrogens is 338 g/mol. The molecule has 0 N–H and O–H groups in total. The van der Waals surface area contributed by atoms with Crippen LogP contribution in [0, 0.1) is 5.92 Å². The first-order chi connectivity index (χ1) is 13.2. The summed E-state index contributed by atoms with van der Waals surface area (Å²) in [5.41, 5.74) is 4.76. The standard InChI is InChI=1S/C22H21N3O2/c1-15-12-21-19(22(13-15)25-26-2)14-20(23-24-21)16-8-10-18(11-9-16)27-17-6-4-3-5-7-17/h3-11,14-15H,12-13H2,1-2H3/b25-22-. The van der Waals surface area contributed by atoms with E-state index in [1.807, 2.05) is 54.6 Å². The highest BCUT2D eigenvalue weighted by Gasteiger charge is 2.24. The fraction of sp³-hybridized carbons (Fsp3) is 0.227. The molecule has 1 aromatic heterocycles. The fourth-order valence-electron chi connectivity index (χ4n) is 3.32. The van der Waals surface area contributed by atoms with Crippen LogP contribution in [0.5, 0.6) is 11.5 Å². The molecule has 0 fully saturated rings. The number of benzene rings is 2. The van der Waals surface area contributed by atoms with Crippen LogP contribution in [0.15, 0.2) is 65.8 Å². The van der Waals surface area contributed by atoms with Crippen molar-refractivity contribution < 1.29 is 9.57 Å². The lowest BCUT2D eigenvalue weighted by Crippen LogP contribution is -2.21. The Balaban J connectivity index is 1.60. The first-order valence-electron chi connectivity index (χ1n) is 9.03. The van der Waals surface area contributed by atoms with Crippen LogP contribution >= 0.6 is 0 Å². The van der Waals surface area contributed by atoms with E-state index in [0.29, 0.717) is 5.92 Å². The summed E-state index contributed by atoms with van der Waals surface area (Å²) in [6.45, 7) is 2.19. The average Bonchev–Trinajstić information content (AvgIpc) is 2.69. The fourth-order valence-corrected chi connectivity index (χ4v) is 3.32. The first kappa shape index (κ1) is 17.2. The second-order valence-corrected chi connectivity index (χ2v) is 6.76. The van der Waals surface area contributed by atoms with Crippen molar-refractivity contribution in [2.45, 2.75) is 19.8 Å². The molecule has 27 heavy (non-hydrogen) atoms. The summed E-state index contributed by atoms with van der Waals surface area (Å²) in [4.78, 5) is 5.03. The smallest absolute Gasteiger partial charge is 0.127 e. The molecule has 1 atom stereocenters. The molecule has 0 spiro atoms. The Hall–Kier alpha value is -3.21. The molecule has 5 nitrogen and oxygen atoms in total. The van der Waals surface area contributed by atoms with E-state index in [9.17, 15) is 0 Å². The molecule has 5 heteroatoms. The van der Waals surface area contributed by atoms with Gasteiger partial charge in [0.05, 0.1) is 17.1 Å². The lowest BCUT2D eigenvalue weighted by molar-refractivity contribution is 0.212. The minimum atomic E-state index is 0.487. The van der Waals surface area contributed by atoms with E-state index in [2.05, 4.69) is 28.3 Å². The topological polar surface area (TPSA) is 56.6 Å². The maximum absolute atomic E-state index is 5.85. The molecule has 2 aromatic carbocycles. The second kappa shape index (κ2) is 7.58. The van der Waals surface area contributed by atoms with E-state index in [1.165, 1.54) is 0 Å². The number of para-hydroxylation sites is 1. The van der Waals surface area contributed by atoms with Gasteiger partial charge in [0.1, 0.15) is 18.6 Å². The van der Waals surface area contributed by atoms with Crippen LogP contribution in [-0.4, -0.2) is 23.0 Å². The molecule has 0 saturated heterocycles. The Morgan fingerprint density at radius 3 is 2.41 bits per heavy atom. The number of oxime groups is 1.